The third-order valence-corrected chi connectivity index (χ3v) is 4.49. The number of quaternary nitrogens is 1. The number of nitrogens with zero attached hydrogens (tertiary/aromatic N) is 1. The molecule has 0 radical (unpaired) electrons. The van der Waals surface area contributed by atoms with Gasteiger partial charge in [-0.3, -0.25) is 0 Å². The molecule has 0 spiro atoms. The van der Waals surface area contributed by atoms with Gasteiger partial charge in [0, 0.05) is 0 Å². The van der Waals surface area contributed by atoms with Gasteiger partial charge in [-0.15, -0.1) is 0 Å². The molecule has 0 aliphatic rings. The molecular formula is C17H36NO2+. The molecule has 0 saturated heterocycles. The average molecular weight is 286 g/mol. The summed E-state index contributed by atoms with van der Waals surface area (Å²) in [7, 11) is 4.04. The van der Waals surface area contributed by atoms with E-state index in [0.29, 0.717) is 4.48 Å². The number of hydrogen-bond donors (Lipinski definition) is 1. The van der Waals surface area contributed by atoms with Crippen LogP contribution in [0.3, 0.4) is 0 Å². The van der Waals surface area contributed by atoms with Gasteiger partial charge in [-0.25, -0.2) is 4.79 Å². The SMILES string of the molecule is CCCCCCCCCCCC[N+](C)(C)C(C)C(=O)O. The van der Waals surface area contributed by atoms with Crippen molar-refractivity contribution in [1.29, 1.82) is 0 Å². The number of likely N-dealkylation sites (N-methyl/N-ethyl adjacent to an activating group) is 1. The van der Waals surface area contributed by atoms with Gasteiger partial charge >= 0.3 is 5.97 Å². The lowest BCUT2D eigenvalue weighted by Crippen LogP contribution is -2.51. The first-order valence-electron chi connectivity index (χ1n) is 8.47. The van der Waals surface area contributed by atoms with E-state index in [0.717, 1.165) is 13.0 Å². The van der Waals surface area contributed by atoms with Crippen LogP contribution in [0.4, 0.5) is 0 Å². The Bertz CT molecular complexity index is 251. The monoisotopic (exact) mass is 286 g/mol. The summed E-state index contributed by atoms with van der Waals surface area (Å²) in [6.07, 6.45) is 13.3. The third-order valence-electron chi connectivity index (χ3n) is 4.49. The fraction of sp³-hybridized carbons (Fsp3) is 0.941. The number of hydrogen-bond acceptors (Lipinski definition) is 1. The Morgan fingerprint density at radius 2 is 1.30 bits per heavy atom. The lowest BCUT2D eigenvalue weighted by atomic mass is 10.1. The maximum Gasteiger partial charge on any atom is 0.362 e. The van der Waals surface area contributed by atoms with E-state index in [-0.39, 0.29) is 6.04 Å². The Balaban J connectivity index is 3.46. The lowest BCUT2D eigenvalue weighted by molar-refractivity contribution is -0.904. The Morgan fingerprint density at radius 1 is 0.900 bits per heavy atom. The van der Waals surface area contributed by atoms with Gasteiger partial charge < -0.3 is 9.59 Å². The summed E-state index contributed by atoms with van der Waals surface area (Å²) in [6.45, 7) is 5.02. The summed E-state index contributed by atoms with van der Waals surface area (Å²) in [5.41, 5.74) is 0. The second-order valence-corrected chi connectivity index (χ2v) is 6.70. The van der Waals surface area contributed by atoms with Gasteiger partial charge in [-0.2, -0.15) is 0 Å². The molecule has 3 heteroatoms. The molecular weight excluding hydrogens is 250 g/mol. The number of rotatable bonds is 13. The van der Waals surface area contributed by atoms with Crippen molar-refractivity contribution >= 4 is 5.97 Å². The number of aliphatic carboxylic acids is 1. The summed E-state index contributed by atoms with van der Waals surface area (Å²) >= 11 is 0. The van der Waals surface area contributed by atoms with E-state index in [1.807, 2.05) is 14.1 Å². The minimum atomic E-state index is -0.693. The van der Waals surface area contributed by atoms with Crippen molar-refractivity contribution < 1.29 is 14.4 Å². The van der Waals surface area contributed by atoms with Crippen molar-refractivity contribution in [1.82, 2.24) is 0 Å². The molecule has 0 bridgehead atoms. The van der Waals surface area contributed by atoms with Crippen LogP contribution in [0.1, 0.15) is 78.1 Å². The lowest BCUT2D eigenvalue weighted by Gasteiger charge is -2.33. The quantitative estimate of drug-likeness (QED) is 0.401. The molecule has 120 valence electrons. The largest absolute Gasteiger partial charge is 0.477 e. The number of unbranched alkanes of at least 4 members (excludes halogenated alkanes) is 9. The van der Waals surface area contributed by atoms with E-state index < -0.39 is 5.97 Å². The second-order valence-electron chi connectivity index (χ2n) is 6.70. The van der Waals surface area contributed by atoms with Crippen LogP contribution in [-0.4, -0.2) is 42.2 Å². The van der Waals surface area contributed by atoms with Crippen LogP contribution >= 0.6 is 0 Å². The Kier molecular flexibility index (Phi) is 10.8. The molecule has 0 aromatic heterocycles. The maximum atomic E-state index is 11.0. The predicted octanol–water partition coefficient (Wildman–Crippen LogP) is 4.46. The highest BCUT2D eigenvalue weighted by Gasteiger charge is 2.29. The minimum absolute atomic E-state index is 0.312. The molecule has 1 unspecified atom stereocenters. The highest BCUT2D eigenvalue weighted by Crippen LogP contribution is 2.13. The van der Waals surface area contributed by atoms with Crippen molar-refractivity contribution in [3.05, 3.63) is 0 Å². The molecule has 0 aliphatic heterocycles. The summed E-state index contributed by atoms with van der Waals surface area (Å²) in [5, 5.41) is 9.06. The van der Waals surface area contributed by atoms with Gasteiger partial charge in [0.25, 0.3) is 0 Å². The standard InChI is InChI=1S/C17H35NO2/c1-5-6-7-8-9-10-11-12-13-14-15-18(3,4)16(2)17(19)20/h16H,5-15H2,1-4H3/p+1. The van der Waals surface area contributed by atoms with Crippen molar-refractivity contribution in [3.63, 3.8) is 0 Å². The van der Waals surface area contributed by atoms with Gasteiger partial charge in [0.2, 0.25) is 0 Å². The predicted molar refractivity (Wildman–Crippen MR) is 85.9 cm³/mol. The molecule has 1 atom stereocenters. The van der Waals surface area contributed by atoms with Crippen LogP contribution in [0, 0.1) is 0 Å². The Morgan fingerprint density at radius 3 is 1.70 bits per heavy atom. The first-order valence-corrected chi connectivity index (χ1v) is 8.47. The topological polar surface area (TPSA) is 37.3 Å². The van der Waals surface area contributed by atoms with Gasteiger partial charge in [-0.1, -0.05) is 58.3 Å². The summed E-state index contributed by atoms with van der Waals surface area (Å²) in [4.78, 5) is 11.0. The van der Waals surface area contributed by atoms with Gasteiger partial charge in [0.15, 0.2) is 6.04 Å². The Hall–Kier alpha value is -0.570. The molecule has 0 aliphatic carbocycles. The normalized spacial score (nSPS) is 13.4. The highest BCUT2D eigenvalue weighted by molar-refractivity contribution is 5.71. The summed E-state index contributed by atoms with van der Waals surface area (Å²) in [5.74, 6) is -0.693. The summed E-state index contributed by atoms with van der Waals surface area (Å²) < 4.78 is 0.590. The molecule has 3 nitrogen and oxygen atoms in total. The first-order chi connectivity index (χ1) is 9.41. The van der Waals surface area contributed by atoms with E-state index in [1.54, 1.807) is 6.92 Å². The minimum Gasteiger partial charge on any atom is -0.477 e. The average Bonchev–Trinajstić information content (AvgIpc) is 2.39. The smallest absolute Gasteiger partial charge is 0.362 e. The molecule has 0 saturated carbocycles. The molecule has 0 heterocycles. The van der Waals surface area contributed by atoms with Gasteiger partial charge in [-0.05, 0) is 19.8 Å². The molecule has 0 amide bonds. The van der Waals surface area contributed by atoms with Crippen molar-refractivity contribution in [2.75, 3.05) is 20.6 Å². The number of carboxylic acid groups (broad SMARTS) is 1. The Labute approximate surface area is 126 Å². The molecule has 0 aromatic rings. The van der Waals surface area contributed by atoms with Crippen LogP contribution in [-0.2, 0) is 4.79 Å². The van der Waals surface area contributed by atoms with Crippen molar-refractivity contribution in [3.8, 4) is 0 Å². The van der Waals surface area contributed by atoms with Crippen LogP contribution < -0.4 is 0 Å². The molecule has 1 N–H and O–H groups in total. The van der Waals surface area contributed by atoms with Gasteiger partial charge in [0.1, 0.15) is 0 Å². The number of carboxylic acids is 1. The zero-order valence-electron chi connectivity index (χ0n) is 14.2. The van der Waals surface area contributed by atoms with Crippen molar-refractivity contribution in [2.45, 2.75) is 84.1 Å². The molecule has 0 aromatic carbocycles. The first kappa shape index (κ1) is 19.4. The van der Waals surface area contributed by atoms with E-state index >= 15 is 0 Å². The number of carbonyl (C=O) groups is 1. The van der Waals surface area contributed by atoms with E-state index in [4.69, 9.17) is 5.11 Å². The van der Waals surface area contributed by atoms with E-state index in [1.165, 1.54) is 57.8 Å². The maximum absolute atomic E-state index is 11.0. The fourth-order valence-corrected chi connectivity index (χ4v) is 2.50. The fourth-order valence-electron chi connectivity index (χ4n) is 2.50. The van der Waals surface area contributed by atoms with Crippen LogP contribution in [0.25, 0.3) is 0 Å². The van der Waals surface area contributed by atoms with Crippen molar-refractivity contribution in [2.24, 2.45) is 0 Å². The third kappa shape index (κ3) is 9.35. The molecule has 0 rings (SSSR count). The second kappa shape index (κ2) is 11.1. The molecule has 0 fully saturated rings. The van der Waals surface area contributed by atoms with E-state index in [2.05, 4.69) is 6.92 Å². The van der Waals surface area contributed by atoms with Gasteiger partial charge in [0.05, 0.1) is 20.6 Å². The summed E-state index contributed by atoms with van der Waals surface area (Å²) in [6, 6.07) is -0.312. The van der Waals surface area contributed by atoms with Crippen LogP contribution in [0.2, 0.25) is 0 Å². The van der Waals surface area contributed by atoms with Crippen LogP contribution in [0.15, 0.2) is 0 Å². The van der Waals surface area contributed by atoms with Crippen LogP contribution in [0.5, 0.6) is 0 Å². The van der Waals surface area contributed by atoms with E-state index in [9.17, 15) is 4.79 Å². The molecule has 20 heavy (non-hydrogen) atoms. The highest BCUT2D eigenvalue weighted by atomic mass is 16.4. The zero-order valence-corrected chi connectivity index (χ0v) is 14.2. The zero-order chi connectivity index (χ0) is 15.4.